The molecule has 7 aromatic carbocycles. The Morgan fingerprint density at radius 3 is 1.73 bits per heavy atom. The molecule has 5 heteroatoms. The van der Waals surface area contributed by atoms with Crippen molar-refractivity contribution in [3.8, 4) is 11.1 Å². The summed E-state index contributed by atoms with van der Waals surface area (Å²) in [4.78, 5) is 8.32. The van der Waals surface area contributed by atoms with E-state index in [0.29, 0.717) is 0 Å². The molecule has 11 rings (SSSR count). The molecule has 0 bridgehead atoms. The van der Waals surface area contributed by atoms with Gasteiger partial charge in [-0.05, 0) is 101 Å². The first kappa shape index (κ1) is 28.3. The molecule has 0 fully saturated rings. The van der Waals surface area contributed by atoms with Gasteiger partial charge in [-0.3, -0.25) is 0 Å². The summed E-state index contributed by atoms with van der Waals surface area (Å²) in [5.41, 5.74) is 20.7. The monoisotopic (exact) mass is 659 g/mol. The molecule has 0 radical (unpaired) electrons. The van der Waals surface area contributed by atoms with Gasteiger partial charge in [-0.15, -0.1) is 0 Å². The van der Waals surface area contributed by atoms with E-state index in [0.717, 1.165) is 0 Å². The van der Waals surface area contributed by atoms with Crippen LogP contribution < -0.4 is 37.7 Å². The van der Waals surface area contributed by atoms with Crippen molar-refractivity contribution in [2.24, 2.45) is 0 Å². The Kier molecular flexibility index (Phi) is 5.77. The topological polar surface area (TPSA) is 3.24 Å². The number of hydrogen-bond donors (Lipinski definition) is 0. The molecule has 0 unspecified atom stereocenters. The van der Waals surface area contributed by atoms with Crippen molar-refractivity contribution in [3.63, 3.8) is 0 Å². The number of aryl methyl sites for hydroxylation is 3. The second-order valence-electron chi connectivity index (χ2n) is 14.3. The summed E-state index contributed by atoms with van der Waals surface area (Å²) in [6.07, 6.45) is 0. The minimum Gasteiger partial charge on any atom is -0.312 e. The first-order valence-electron chi connectivity index (χ1n) is 17.2. The second-order valence-corrected chi connectivity index (χ2v) is 16.4. The third-order valence-corrected chi connectivity index (χ3v) is 13.9. The Bertz CT molecular complexity index is 2640. The van der Waals surface area contributed by atoms with E-state index in [1.165, 1.54) is 114 Å². The highest BCUT2D eigenvalue weighted by Crippen LogP contribution is 2.49. The van der Waals surface area contributed by atoms with Crippen LogP contribution in [-0.2, 0) is 0 Å². The lowest BCUT2D eigenvalue weighted by Crippen LogP contribution is -2.67. The molecule has 4 aliphatic heterocycles. The van der Waals surface area contributed by atoms with E-state index >= 15 is 0 Å². The summed E-state index contributed by atoms with van der Waals surface area (Å²) in [7, 11) is 0. The van der Waals surface area contributed by atoms with Crippen LogP contribution in [0.5, 0.6) is 0 Å². The Morgan fingerprint density at radius 1 is 0.510 bits per heavy atom. The molecule has 1 nitrogen and oxygen atoms in total. The van der Waals surface area contributed by atoms with Gasteiger partial charge in [0.2, 0.25) is 13.4 Å². The van der Waals surface area contributed by atoms with E-state index < -0.39 is 0 Å². The fraction of sp³-hybridized carbons (Fsp3) is 0.0909. The van der Waals surface area contributed by atoms with Gasteiger partial charge in [-0.2, -0.15) is 0 Å². The molecule has 0 amide bonds. The first-order chi connectivity index (χ1) is 23.9. The third kappa shape index (κ3) is 3.78. The second kappa shape index (κ2) is 10.00. The predicted molar refractivity (Wildman–Crippen MR) is 213 cm³/mol. The molecule has 7 aromatic rings. The Morgan fingerprint density at radius 2 is 1.06 bits per heavy atom. The molecule has 4 aliphatic rings. The van der Waals surface area contributed by atoms with E-state index in [-0.39, 0.29) is 13.4 Å². The zero-order valence-electron chi connectivity index (χ0n) is 27.9. The molecular weight excluding hydrogens is 628 g/mol. The van der Waals surface area contributed by atoms with Gasteiger partial charge in [0.1, 0.15) is 0 Å². The Labute approximate surface area is 296 Å². The molecule has 0 saturated carbocycles. The van der Waals surface area contributed by atoms with Gasteiger partial charge >= 0.3 is 0 Å². The van der Waals surface area contributed by atoms with Gasteiger partial charge < -0.3 is 4.90 Å². The van der Waals surface area contributed by atoms with E-state index in [1.54, 1.807) is 0 Å². The fourth-order valence-corrected chi connectivity index (χ4v) is 11.7. The van der Waals surface area contributed by atoms with Crippen LogP contribution >= 0.6 is 23.5 Å². The van der Waals surface area contributed by atoms with E-state index in [2.05, 4.69) is 148 Å². The van der Waals surface area contributed by atoms with Crippen molar-refractivity contribution >= 4 is 97.6 Å². The molecule has 4 heterocycles. The highest BCUT2D eigenvalue weighted by atomic mass is 32.2. The van der Waals surface area contributed by atoms with Crippen LogP contribution in [0.2, 0.25) is 0 Å². The SMILES string of the molecule is Cc1ccc2c(c1)B1c3cc(C)ccc3N3c4ccc(-c5cccc6ccccc56)cc4B4c5cc(C)ccc5Sc5c(C)c(c1c3c54)S2. The van der Waals surface area contributed by atoms with Crippen molar-refractivity contribution in [1.29, 1.82) is 0 Å². The molecule has 0 spiro atoms. The largest absolute Gasteiger partial charge is 0.312 e. The lowest BCUT2D eigenvalue weighted by Gasteiger charge is -2.48. The minimum atomic E-state index is 0.155. The Balaban J connectivity index is 1.27. The summed E-state index contributed by atoms with van der Waals surface area (Å²) in [6, 6.07) is 44.2. The van der Waals surface area contributed by atoms with Crippen molar-refractivity contribution in [2.45, 2.75) is 47.3 Å². The average Bonchev–Trinajstić information content (AvgIpc) is 3.12. The van der Waals surface area contributed by atoms with Gasteiger partial charge in [0.15, 0.2) is 0 Å². The number of anilines is 3. The number of rotatable bonds is 1. The summed E-state index contributed by atoms with van der Waals surface area (Å²) >= 11 is 3.98. The lowest BCUT2D eigenvalue weighted by atomic mass is 9.30. The molecule has 0 N–H and O–H groups in total. The van der Waals surface area contributed by atoms with Crippen molar-refractivity contribution in [2.75, 3.05) is 4.90 Å². The van der Waals surface area contributed by atoms with Gasteiger partial charge in [-0.1, -0.05) is 142 Å². The minimum absolute atomic E-state index is 0.155. The normalized spacial score (nSPS) is 14.2. The van der Waals surface area contributed by atoms with Crippen LogP contribution in [-0.4, -0.2) is 13.4 Å². The van der Waals surface area contributed by atoms with Crippen LogP contribution in [0, 0.1) is 27.7 Å². The highest BCUT2D eigenvalue weighted by Gasteiger charge is 2.50. The highest BCUT2D eigenvalue weighted by molar-refractivity contribution is 8.01. The summed E-state index contributed by atoms with van der Waals surface area (Å²) in [5.74, 6) is 0. The first-order valence-corrected chi connectivity index (χ1v) is 18.9. The number of nitrogens with zero attached hydrogens (tertiary/aromatic N) is 1. The number of benzene rings is 7. The zero-order valence-corrected chi connectivity index (χ0v) is 29.5. The maximum absolute atomic E-state index is 2.66. The van der Waals surface area contributed by atoms with Gasteiger partial charge in [0.05, 0.1) is 0 Å². The number of fused-ring (bicyclic) bond motifs is 11. The van der Waals surface area contributed by atoms with Crippen LogP contribution in [0.4, 0.5) is 17.1 Å². The predicted octanol–water partition coefficient (Wildman–Crippen LogP) is 7.80. The van der Waals surface area contributed by atoms with Crippen LogP contribution in [0.15, 0.2) is 135 Å². The van der Waals surface area contributed by atoms with Crippen molar-refractivity contribution in [3.05, 3.63) is 138 Å². The van der Waals surface area contributed by atoms with Crippen LogP contribution in [0.1, 0.15) is 22.3 Å². The zero-order chi connectivity index (χ0) is 32.7. The van der Waals surface area contributed by atoms with Gasteiger partial charge in [-0.25, -0.2) is 0 Å². The maximum atomic E-state index is 2.66. The molecule has 0 aliphatic carbocycles. The van der Waals surface area contributed by atoms with Crippen LogP contribution in [0.25, 0.3) is 21.9 Å². The quantitative estimate of drug-likeness (QED) is 0.166. The van der Waals surface area contributed by atoms with E-state index in [9.17, 15) is 0 Å². The molecule has 49 heavy (non-hydrogen) atoms. The smallest absolute Gasteiger partial charge is 0.249 e. The number of hydrogen-bond acceptors (Lipinski definition) is 3. The molecular formula is C44H31B2NS2. The standard InChI is InChI=1S/C44H31B2NS2/c1-24-12-16-36-32(20-24)45-34-21-25(2)13-18-38(34)48-43-27(4)44-41-42(40(43)45)47(36)37-17-15-29(31-11-7-9-28-8-5-6-10-30(28)31)23-33(37)46(41)35-22-26(3)14-19-39(35)49-44/h5-23H,1-4H3. The fourth-order valence-electron chi connectivity index (χ4n) is 9.17. The van der Waals surface area contributed by atoms with Gasteiger partial charge in [0, 0.05) is 36.6 Å². The van der Waals surface area contributed by atoms with E-state index in [4.69, 9.17) is 0 Å². The molecule has 230 valence electrons. The maximum Gasteiger partial charge on any atom is 0.249 e. The summed E-state index contributed by atoms with van der Waals surface area (Å²) in [5, 5.41) is 2.58. The molecule has 0 aromatic heterocycles. The van der Waals surface area contributed by atoms with E-state index in [1.807, 2.05) is 23.5 Å². The summed E-state index contributed by atoms with van der Waals surface area (Å²) in [6.45, 7) is 9.49. The van der Waals surface area contributed by atoms with Crippen LogP contribution in [0.3, 0.4) is 0 Å². The van der Waals surface area contributed by atoms with Crippen molar-refractivity contribution in [1.82, 2.24) is 0 Å². The third-order valence-electron chi connectivity index (χ3n) is 11.3. The lowest BCUT2D eigenvalue weighted by molar-refractivity contribution is 1.17. The molecule has 0 saturated heterocycles. The summed E-state index contributed by atoms with van der Waals surface area (Å²) < 4.78 is 0. The Hall–Kier alpha value is -4.57. The molecule has 0 atom stereocenters. The van der Waals surface area contributed by atoms with Gasteiger partial charge in [0.25, 0.3) is 0 Å². The average molecular weight is 659 g/mol. The van der Waals surface area contributed by atoms with Crippen molar-refractivity contribution < 1.29 is 0 Å².